The Hall–Kier alpha value is -1.69. The standard InChI is InChI=1S/C11H17N5O/c1-11(2,3)7(12)8-13-14-9-10(17)15(4)5-6-16(8)9/h5-7H,12H2,1-4H3. The second kappa shape index (κ2) is 3.66. The predicted molar refractivity (Wildman–Crippen MR) is 64.6 cm³/mol. The van der Waals surface area contributed by atoms with Gasteiger partial charge in [0.25, 0.3) is 5.56 Å². The first kappa shape index (κ1) is 11.8. The van der Waals surface area contributed by atoms with Crippen LogP contribution in [0.3, 0.4) is 0 Å². The van der Waals surface area contributed by atoms with Gasteiger partial charge in [-0.05, 0) is 5.41 Å². The van der Waals surface area contributed by atoms with Crippen molar-refractivity contribution in [2.75, 3.05) is 0 Å². The molecule has 0 radical (unpaired) electrons. The summed E-state index contributed by atoms with van der Waals surface area (Å²) in [5, 5.41) is 7.95. The fourth-order valence-corrected chi connectivity index (χ4v) is 1.59. The third-order valence-corrected chi connectivity index (χ3v) is 2.88. The number of aromatic nitrogens is 4. The van der Waals surface area contributed by atoms with E-state index in [1.807, 2.05) is 20.8 Å². The summed E-state index contributed by atoms with van der Waals surface area (Å²) in [6.07, 6.45) is 3.44. The van der Waals surface area contributed by atoms with Crippen LogP contribution in [0.4, 0.5) is 0 Å². The van der Waals surface area contributed by atoms with Crippen molar-refractivity contribution in [3.05, 3.63) is 28.6 Å². The van der Waals surface area contributed by atoms with E-state index in [0.29, 0.717) is 11.5 Å². The fourth-order valence-electron chi connectivity index (χ4n) is 1.59. The highest BCUT2D eigenvalue weighted by atomic mass is 16.1. The summed E-state index contributed by atoms with van der Waals surface area (Å²) in [6.45, 7) is 6.08. The summed E-state index contributed by atoms with van der Waals surface area (Å²) in [5.74, 6) is 0.616. The van der Waals surface area contributed by atoms with Gasteiger partial charge in [-0.25, -0.2) is 0 Å². The molecule has 0 aromatic carbocycles. The lowest BCUT2D eigenvalue weighted by molar-refractivity contribution is 0.313. The highest BCUT2D eigenvalue weighted by molar-refractivity contribution is 5.35. The molecular weight excluding hydrogens is 218 g/mol. The van der Waals surface area contributed by atoms with Gasteiger partial charge in [-0.15, -0.1) is 10.2 Å². The second-order valence-corrected chi connectivity index (χ2v) is 5.31. The molecule has 6 nitrogen and oxygen atoms in total. The summed E-state index contributed by atoms with van der Waals surface area (Å²) in [6, 6.07) is -0.274. The molecule has 1 atom stereocenters. The van der Waals surface area contributed by atoms with Crippen molar-refractivity contribution in [3.63, 3.8) is 0 Å². The Morgan fingerprint density at radius 3 is 2.53 bits per heavy atom. The van der Waals surface area contributed by atoms with Crippen LogP contribution in [0.5, 0.6) is 0 Å². The normalized spacial score (nSPS) is 14.2. The first-order chi connectivity index (χ1) is 7.82. The van der Waals surface area contributed by atoms with Gasteiger partial charge in [-0.3, -0.25) is 9.20 Å². The molecule has 0 spiro atoms. The van der Waals surface area contributed by atoms with Crippen LogP contribution in [-0.4, -0.2) is 19.2 Å². The number of fused-ring (bicyclic) bond motifs is 1. The van der Waals surface area contributed by atoms with Gasteiger partial charge < -0.3 is 10.3 Å². The molecular formula is C11H17N5O. The summed E-state index contributed by atoms with van der Waals surface area (Å²) >= 11 is 0. The minimum Gasteiger partial charge on any atom is -0.321 e. The van der Waals surface area contributed by atoms with E-state index >= 15 is 0 Å². The number of nitrogens with zero attached hydrogens (tertiary/aromatic N) is 4. The molecule has 0 amide bonds. The smallest absolute Gasteiger partial charge is 0.295 e. The largest absolute Gasteiger partial charge is 0.321 e. The molecule has 1 unspecified atom stereocenters. The molecule has 0 saturated carbocycles. The topological polar surface area (TPSA) is 78.2 Å². The summed E-state index contributed by atoms with van der Waals surface area (Å²) in [4.78, 5) is 11.8. The number of hydrogen-bond donors (Lipinski definition) is 1. The molecule has 6 heteroatoms. The van der Waals surface area contributed by atoms with Crippen molar-refractivity contribution in [1.82, 2.24) is 19.2 Å². The van der Waals surface area contributed by atoms with Gasteiger partial charge in [-0.2, -0.15) is 0 Å². The molecule has 2 N–H and O–H groups in total. The van der Waals surface area contributed by atoms with Gasteiger partial charge in [0, 0.05) is 19.4 Å². The molecule has 0 bridgehead atoms. The monoisotopic (exact) mass is 235 g/mol. The van der Waals surface area contributed by atoms with Gasteiger partial charge in [0.2, 0.25) is 5.65 Å². The van der Waals surface area contributed by atoms with Gasteiger partial charge >= 0.3 is 0 Å². The first-order valence-corrected chi connectivity index (χ1v) is 5.48. The van der Waals surface area contributed by atoms with E-state index in [0.717, 1.165) is 0 Å². The quantitative estimate of drug-likeness (QED) is 0.779. The van der Waals surface area contributed by atoms with Crippen molar-refractivity contribution in [2.24, 2.45) is 18.2 Å². The van der Waals surface area contributed by atoms with Crippen molar-refractivity contribution >= 4 is 5.65 Å². The molecule has 2 aromatic rings. The Morgan fingerprint density at radius 1 is 1.29 bits per heavy atom. The molecule has 0 saturated heterocycles. The summed E-state index contributed by atoms with van der Waals surface area (Å²) in [7, 11) is 1.68. The van der Waals surface area contributed by atoms with E-state index in [1.54, 1.807) is 23.8 Å². The predicted octanol–water partition coefficient (Wildman–Crippen LogP) is 0.474. The van der Waals surface area contributed by atoms with Crippen LogP contribution < -0.4 is 11.3 Å². The van der Waals surface area contributed by atoms with Crippen LogP contribution >= 0.6 is 0 Å². The fraction of sp³-hybridized carbons (Fsp3) is 0.545. The van der Waals surface area contributed by atoms with E-state index in [1.165, 1.54) is 4.57 Å². The number of nitrogens with two attached hydrogens (primary N) is 1. The molecule has 0 aliphatic heterocycles. The van der Waals surface area contributed by atoms with Crippen LogP contribution in [0, 0.1) is 5.41 Å². The minimum atomic E-state index is -0.274. The van der Waals surface area contributed by atoms with Gasteiger partial charge in [0.15, 0.2) is 5.82 Å². The van der Waals surface area contributed by atoms with Crippen LogP contribution in [0.15, 0.2) is 17.2 Å². The lowest BCUT2D eigenvalue weighted by Crippen LogP contribution is -2.29. The number of aryl methyl sites for hydroxylation is 1. The summed E-state index contributed by atoms with van der Waals surface area (Å²) < 4.78 is 3.13. The van der Waals surface area contributed by atoms with Crippen molar-refractivity contribution in [2.45, 2.75) is 26.8 Å². The Bertz CT molecular complexity index is 604. The van der Waals surface area contributed by atoms with E-state index in [-0.39, 0.29) is 17.0 Å². The maximum Gasteiger partial charge on any atom is 0.295 e. The molecule has 2 rings (SSSR count). The van der Waals surface area contributed by atoms with E-state index in [4.69, 9.17) is 5.73 Å². The van der Waals surface area contributed by atoms with Crippen molar-refractivity contribution in [3.8, 4) is 0 Å². The first-order valence-electron chi connectivity index (χ1n) is 5.48. The molecule has 17 heavy (non-hydrogen) atoms. The van der Waals surface area contributed by atoms with Crippen molar-refractivity contribution < 1.29 is 0 Å². The lowest BCUT2D eigenvalue weighted by Gasteiger charge is -2.25. The average molecular weight is 235 g/mol. The van der Waals surface area contributed by atoms with Gasteiger partial charge in [0.1, 0.15) is 0 Å². The molecule has 2 heterocycles. The molecule has 0 aliphatic carbocycles. The van der Waals surface area contributed by atoms with Crippen LogP contribution in [-0.2, 0) is 7.05 Å². The molecule has 2 aromatic heterocycles. The highest BCUT2D eigenvalue weighted by Crippen LogP contribution is 2.28. The third kappa shape index (κ3) is 1.84. The molecule has 92 valence electrons. The van der Waals surface area contributed by atoms with Gasteiger partial charge in [-0.1, -0.05) is 20.8 Å². The van der Waals surface area contributed by atoms with Crippen LogP contribution in [0.25, 0.3) is 5.65 Å². The Labute approximate surface area is 99.1 Å². The lowest BCUT2D eigenvalue weighted by atomic mass is 9.87. The van der Waals surface area contributed by atoms with E-state index in [2.05, 4.69) is 10.2 Å². The minimum absolute atomic E-state index is 0.135. The van der Waals surface area contributed by atoms with Gasteiger partial charge in [0.05, 0.1) is 6.04 Å². The zero-order chi connectivity index (χ0) is 12.8. The Morgan fingerprint density at radius 2 is 1.94 bits per heavy atom. The number of rotatable bonds is 1. The highest BCUT2D eigenvalue weighted by Gasteiger charge is 2.27. The Kier molecular flexibility index (Phi) is 2.54. The zero-order valence-corrected chi connectivity index (χ0v) is 10.5. The van der Waals surface area contributed by atoms with E-state index < -0.39 is 0 Å². The third-order valence-electron chi connectivity index (χ3n) is 2.88. The SMILES string of the molecule is Cn1ccn2c(C(N)C(C)(C)C)nnc2c1=O. The number of hydrogen-bond acceptors (Lipinski definition) is 4. The van der Waals surface area contributed by atoms with E-state index in [9.17, 15) is 4.79 Å². The maximum absolute atomic E-state index is 11.8. The van der Waals surface area contributed by atoms with Crippen LogP contribution in [0.1, 0.15) is 32.6 Å². The maximum atomic E-state index is 11.8. The summed E-state index contributed by atoms with van der Waals surface area (Å²) in [5.41, 5.74) is 6.14. The Balaban J connectivity index is 2.66. The molecule has 0 fully saturated rings. The van der Waals surface area contributed by atoms with Crippen molar-refractivity contribution in [1.29, 1.82) is 0 Å². The van der Waals surface area contributed by atoms with Crippen LogP contribution in [0.2, 0.25) is 0 Å². The zero-order valence-electron chi connectivity index (χ0n) is 10.5. The second-order valence-electron chi connectivity index (χ2n) is 5.31. The molecule has 0 aliphatic rings. The average Bonchev–Trinajstić information content (AvgIpc) is 2.65.